The second-order valence-corrected chi connectivity index (χ2v) is 8.07. The van der Waals surface area contributed by atoms with E-state index in [1.807, 2.05) is 0 Å². The van der Waals surface area contributed by atoms with Crippen LogP contribution in [0.3, 0.4) is 0 Å². The number of hydrogen-bond donors (Lipinski definition) is 1. The number of sulfonamides is 1. The normalized spacial score (nSPS) is 11.0. The molecule has 0 heterocycles. The standard InChI is InChI=1S/C18H19ClN2O5S/c1-4-26-18(23)15-10-7-13(11-16(15)19)20-17(22)12-5-8-14(9-6-12)21(2)27(3,24)25/h5-11H,4H2,1-3H3,(H,20,22). The number of nitrogens with zero attached hydrogens (tertiary/aromatic N) is 1. The average Bonchev–Trinajstić information content (AvgIpc) is 2.60. The van der Waals surface area contributed by atoms with E-state index in [4.69, 9.17) is 16.3 Å². The summed E-state index contributed by atoms with van der Waals surface area (Å²) >= 11 is 6.07. The molecule has 7 nitrogen and oxygen atoms in total. The summed E-state index contributed by atoms with van der Waals surface area (Å²) in [5.41, 5.74) is 1.40. The minimum Gasteiger partial charge on any atom is -0.462 e. The van der Waals surface area contributed by atoms with Crippen LogP contribution in [0.4, 0.5) is 11.4 Å². The van der Waals surface area contributed by atoms with E-state index in [9.17, 15) is 18.0 Å². The number of carbonyl (C=O) groups is 2. The van der Waals surface area contributed by atoms with Crippen molar-refractivity contribution in [1.29, 1.82) is 0 Å². The fourth-order valence-corrected chi connectivity index (χ4v) is 2.95. The number of carbonyl (C=O) groups excluding carboxylic acids is 2. The van der Waals surface area contributed by atoms with Crippen LogP contribution in [0.5, 0.6) is 0 Å². The lowest BCUT2D eigenvalue weighted by Crippen LogP contribution is -2.24. The number of anilines is 2. The van der Waals surface area contributed by atoms with Crippen molar-refractivity contribution in [3.63, 3.8) is 0 Å². The molecule has 1 N–H and O–H groups in total. The van der Waals surface area contributed by atoms with Gasteiger partial charge in [-0.2, -0.15) is 0 Å². The zero-order valence-corrected chi connectivity index (χ0v) is 16.6. The molecule has 27 heavy (non-hydrogen) atoms. The number of hydrogen-bond acceptors (Lipinski definition) is 5. The van der Waals surface area contributed by atoms with Gasteiger partial charge in [0.25, 0.3) is 5.91 Å². The molecule has 0 atom stereocenters. The van der Waals surface area contributed by atoms with E-state index in [-0.39, 0.29) is 17.2 Å². The Balaban J connectivity index is 2.13. The molecular formula is C18H19ClN2O5S. The van der Waals surface area contributed by atoms with E-state index in [0.29, 0.717) is 16.9 Å². The third-order valence-corrected chi connectivity index (χ3v) is 5.23. The number of amides is 1. The first-order valence-corrected chi connectivity index (χ1v) is 10.2. The number of halogens is 1. The molecule has 1 amide bonds. The Hall–Kier alpha value is -2.58. The number of esters is 1. The van der Waals surface area contributed by atoms with Crippen LogP contribution in [0.15, 0.2) is 42.5 Å². The predicted octanol–water partition coefficient (Wildman–Crippen LogP) is 3.16. The fourth-order valence-electron chi connectivity index (χ4n) is 2.18. The first-order valence-electron chi connectivity index (χ1n) is 7.95. The minimum absolute atomic E-state index is 0.163. The SMILES string of the molecule is CCOC(=O)c1ccc(NC(=O)c2ccc(N(C)S(C)(=O)=O)cc2)cc1Cl. The fraction of sp³-hybridized carbons (Fsp3) is 0.222. The molecule has 0 fully saturated rings. The molecule has 144 valence electrons. The summed E-state index contributed by atoms with van der Waals surface area (Å²) in [6, 6.07) is 10.6. The first kappa shape index (κ1) is 20.7. The van der Waals surface area contributed by atoms with Crippen LogP contribution >= 0.6 is 11.6 Å². The number of rotatable bonds is 6. The van der Waals surface area contributed by atoms with Crippen molar-refractivity contribution >= 4 is 44.9 Å². The van der Waals surface area contributed by atoms with Gasteiger partial charge in [0.15, 0.2) is 0 Å². The molecule has 0 radical (unpaired) electrons. The minimum atomic E-state index is -3.38. The highest BCUT2D eigenvalue weighted by Gasteiger charge is 2.15. The molecule has 0 spiro atoms. The Morgan fingerprint density at radius 1 is 1.15 bits per heavy atom. The lowest BCUT2D eigenvalue weighted by atomic mass is 10.1. The van der Waals surface area contributed by atoms with Crippen molar-refractivity contribution in [2.75, 3.05) is 29.5 Å². The molecule has 2 rings (SSSR count). The molecule has 0 saturated carbocycles. The third kappa shape index (κ3) is 5.21. The van der Waals surface area contributed by atoms with E-state index in [1.165, 1.54) is 43.4 Å². The van der Waals surface area contributed by atoms with Crippen LogP contribution in [0.25, 0.3) is 0 Å². The second-order valence-electron chi connectivity index (χ2n) is 5.65. The van der Waals surface area contributed by atoms with Gasteiger partial charge >= 0.3 is 5.97 Å². The average molecular weight is 411 g/mol. The highest BCUT2D eigenvalue weighted by molar-refractivity contribution is 7.92. The summed E-state index contributed by atoms with van der Waals surface area (Å²) in [5.74, 6) is -0.936. The molecule has 9 heteroatoms. The van der Waals surface area contributed by atoms with Crippen molar-refractivity contribution in [1.82, 2.24) is 0 Å². The van der Waals surface area contributed by atoms with Gasteiger partial charge in [-0.1, -0.05) is 11.6 Å². The van der Waals surface area contributed by atoms with Crippen LogP contribution in [-0.4, -0.2) is 40.2 Å². The van der Waals surface area contributed by atoms with E-state index in [1.54, 1.807) is 13.0 Å². The maximum absolute atomic E-state index is 12.3. The van der Waals surface area contributed by atoms with Crippen LogP contribution in [-0.2, 0) is 14.8 Å². The van der Waals surface area contributed by atoms with Gasteiger partial charge in [0.1, 0.15) is 0 Å². The predicted molar refractivity (Wildman–Crippen MR) is 105 cm³/mol. The van der Waals surface area contributed by atoms with Gasteiger partial charge in [0.2, 0.25) is 10.0 Å². The molecule has 2 aromatic carbocycles. The largest absolute Gasteiger partial charge is 0.462 e. The second kappa shape index (κ2) is 8.41. The quantitative estimate of drug-likeness (QED) is 0.738. The summed E-state index contributed by atoms with van der Waals surface area (Å²) in [6.07, 6.45) is 1.09. The maximum atomic E-state index is 12.3. The Morgan fingerprint density at radius 2 is 1.78 bits per heavy atom. The van der Waals surface area contributed by atoms with Gasteiger partial charge in [-0.15, -0.1) is 0 Å². The van der Waals surface area contributed by atoms with Gasteiger partial charge in [-0.05, 0) is 49.4 Å². The van der Waals surface area contributed by atoms with E-state index in [0.717, 1.165) is 10.6 Å². The topological polar surface area (TPSA) is 92.8 Å². The molecule has 0 aliphatic rings. The van der Waals surface area contributed by atoms with Crippen LogP contribution in [0, 0.1) is 0 Å². The van der Waals surface area contributed by atoms with E-state index >= 15 is 0 Å². The lowest BCUT2D eigenvalue weighted by Gasteiger charge is -2.16. The Kier molecular flexibility index (Phi) is 6.45. The van der Waals surface area contributed by atoms with Crippen LogP contribution in [0.1, 0.15) is 27.6 Å². The molecule has 0 aromatic heterocycles. The molecule has 2 aromatic rings. The molecule has 0 bridgehead atoms. The summed E-state index contributed by atoms with van der Waals surface area (Å²) in [6.45, 7) is 1.93. The lowest BCUT2D eigenvalue weighted by molar-refractivity contribution is 0.0526. The highest BCUT2D eigenvalue weighted by atomic mass is 35.5. The van der Waals surface area contributed by atoms with Crippen molar-refractivity contribution in [3.8, 4) is 0 Å². The highest BCUT2D eigenvalue weighted by Crippen LogP contribution is 2.23. The van der Waals surface area contributed by atoms with Crippen LogP contribution in [0.2, 0.25) is 5.02 Å². The Morgan fingerprint density at radius 3 is 2.30 bits per heavy atom. The molecule has 0 aliphatic carbocycles. The monoisotopic (exact) mass is 410 g/mol. The van der Waals surface area contributed by atoms with Crippen molar-refractivity contribution < 1.29 is 22.7 Å². The van der Waals surface area contributed by atoms with Crippen molar-refractivity contribution in [2.45, 2.75) is 6.92 Å². The van der Waals surface area contributed by atoms with E-state index in [2.05, 4.69) is 5.32 Å². The van der Waals surface area contributed by atoms with Gasteiger partial charge in [-0.25, -0.2) is 13.2 Å². The zero-order chi connectivity index (χ0) is 20.2. The molecule has 0 saturated heterocycles. The molecule has 0 aliphatic heterocycles. The summed E-state index contributed by atoms with van der Waals surface area (Å²) in [5, 5.41) is 2.83. The van der Waals surface area contributed by atoms with Gasteiger partial charge in [0.05, 0.1) is 29.1 Å². The van der Waals surface area contributed by atoms with Crippen molar-refractivity contribution in [3.05, 3.63) is 58.6 Å². The third-order valence-electron chi connectivity index (χ3n) is 3.71. The number of nitrogens with one attached hydrogen (secondary N) is 1. The van der Waals surface area contributed by atoms with Crippen molar-refractivity contribution in [2.24, 2.45) is 0 Å². The van der Waals surface area contributed by atoms with E-state index < -0.39 is 21.9 Å². The van der Waals surface area contributed by atoms with Gasteiger partial charge in [0, 0.05) is 18.3 Å². The number of ether oxygens (including phenoxy) is 1. The Labute approximate surface area is 162 Å². The number of benzene rings is 2. The van der Waals surface area contributed by atoms with Gasteiger partial charge < -0.3 is 10.1 Å². The maximum Gasteiger partial charge on any atom is 0.339 e. The molecule has 0 unspecified atom stereocenters. The molecular weight excluding hydrogens is 392 g/mol. The summed E-state index contributed by atoms with van der Waals surface area (Å²) in [4.78, 5) is 24.1. The summed E-state index contributed by atoms with van der Waals surface area (Å²) in [7, 11) is -1.95. The first-order chi connectivity index (χ1) is 12.6. The van der Waals surface area contributed by atoms with Crippen LogP contribution < -0.4 is 9.62 Å². The zero-order valence-electron chi connectivity index (χ0n) is 15.0. The smallest absolute Gasteiger partial charge is 0.339 e. The summed E-state index contributed by atoms with van der Waals surface area (Å²) < 4.78 is 29.1. The Bertz CT molecular complexity index is 958. The van der Waals surface area contributed by atoms with Gasteiger partial charge in [-0.3, -0.25) is 9.10 Å².